The molecule has 4 heteroatoms. The van der Waals surface area contributed by atoms with E-state index in [9.17, 15) is 4.79 Å². The van der Waals surface area contributed by atoms with Gasteiger partial charge in [-0.1, -0.05) is 12.1 Å². The summed E-state index contributed by atoms with van der Waals surface area (Å²) in [5.74, 6) is 0.0715. The Balaban J connectivity index is 1.86. The molecule has 2 rings (SSSR count). The third-order valence-electron chi connectivity index (χ3n) is 2.96. The molecule has 0 saturated heterocycles. The number of amides is 1. The standard InChI is InChI=1S/C16H20N2OS/c1-3-17-16(19)10-13-5-7-14(8-6-13)18-11-15-9-4-12(2)20-15/h4-9,18H,3,10-11H2,1-2H3,(H,17,19). The highest BCUT2D eigenvalue weighted by atomic mass is 32.1. The fourth-order valence-corrected chi connectivity index (χ4v) is 2.78. The predicted molar refractivity (Wildman–Crippen MR) is 85.2 cm³/mol. The Morgan fingerprint density at radius 3 is 2.50 bits per heavy atom. The van der Waals surface area contributed by atoms with E-state index in [1.165, 1.54) is 9.75 Å². The average Bonchev–Trinajstić information content (AvgIpc) is 2.84. The van der Waals surface area contributed by atoms with Crippen molar-refractivity contribution in [1.82, 2.24) is 5.32 Å². The summed E-state index contributed by atoms with van der Waals surface area (Å²) in [5.41, 5.74) is 2.11. The molecular formula is C16H20N2OS. The van der Waals surface area contributed by atoms with Gasteiger partial charge in [0.05, 0.1) is 6.42 Å². The van der Waals surface area contributed by atoms with Crippen LogP contribution in [0.3, 0.4) is 0 Å². The lowest BCUT2D eigenvalue weighted by Crippen LogP contribution is -2.24. The Hall–Kier alpha value is -1.81. The third kappa shape index (κ3) is 4.38. The van der Waals surface area contributed by atoms with Gasteiger partial charge in [0.15, 0.2) is 0 Å². The summed E-state index contributed by atoms with van der Waals surface area (Å²) in [5, 5.41) is 6.19. The summed E-state index contributed by atoms with van der Waals surface area (Å²) in [6.07, 6.45) is 0.443. The minimum atomic E-state index is 0.0715. The molecule has 1 amide bonds. The van der Waals surface area contributed by atoms with Gasteiger partial charge in [-0.2, -0.15) is 0 Å². The topological polar surface area (TPSA) is 41.1 Å². The van der Waals surface area contributed by atoms with Crippen molar-refractivity contribution in [2.24, 2.45) is 0 Å². The second kappa shape index (κ2) is 7.10. The van der Waals surface area contributed by atoms with E-state index in [2.05, 4.69) is 29.7 Å². The second-order valence-electron chi connectivity index (χ2n) is 4.69. The van der Waals surface area contributed by atoms with E-state index < -0.39 is 0 Å². The van der Waals surface area contributed by atoms with Crippen LogP contribution in [-0.4, -0.2) is 12.5 Å². The van der Waals surface area contributed by atoms with Gasteiger partial charge in [0.2, 0.25) is 5.91 Å². The summed E-state index contributed by atoms with van der Waals surface area (Å²) in [7, 11) is 0. The van der Waals surface area contributed by atoms with E-state index in [0.717, 1.165) is 17.8 Å². The van der Waals surface area contributed by atoms with Crippen molar-refractivity contribution in [1.29, 1.82) is 0 Å². The van der Waals surface area contributed by atoms with Crippen molar-refractivity contribution in [3.8, 4) is 0 Å². The lowest BCUT2D eigenvalue weighted by molar-refractivity contribution is -0.120. The van der Waals surface area contributed by atoms with Crippen molar-refractivity contribution in [2.75, 3.05) is 11.9 Å². The zero-order valence-corrected chi connectivity index (χ0v) is 12.7. The first-order chi connectivity index (χ1) is 9.67. The summed E-state index contributed by atoms with van der Waals surface area (Å²) < 4.78 is 0. The largest absolute Gasteiger partial charge is 0.380 e. The smallest absolute Gasteiger partial charge is 0.224 e. The van der Waals surface area contributed by atoms with Crippen molar-refractivity contribution >= 4 is 22.9 Å². The van der Waals surface area contributed by atoms with Crippen molar-refractivity contribution in [3.63, 3.8) is 0 Å². The Kier molecular flexibility index (Phi) is 5.18. The van der Waals surface area contributed by atoms with Gasteiger partial charge in [0.25, 0.3) is 0 Å². The number of hydrogen-bond donors (Lipinski definition) is 2. The molecule has 1 aromatic carbocycles. The molecule has 2 N–H and O–H groups in total. The molecule has 3 nitrogen and oxygen atoms in total. The number of likely N-dealkylation sites (N-methyl/N-ethyl adjacent to an activating group) is 1. The molecule has 2 aromatic rings. The minimum Gasteiger partial charge on any atom is -0.380 e. The Morgan fingerprint density at radius 1 is 1.15 bits per heavy atom. The molecule has 0 unspecified atom stereocenters. The van der Waals surface area contributed by atoms with E-state index >= 15 is 0 Å². The number of aryl methyl sites for hydroxylation is 1. The normalized spacial score (nSPS) is 10.3. The fraction of sp³-hybridized carbons (Fsp3) is 0.312. The SMILES string of the molecule is CCNC(=O)Cc1ccc(NCc2ccc(C)s2)cc1. The first-order valence-corrected chi connectivity index (χ1v) is 7.64. The number of nitrogens with one attached hydrogen (secondary N) is 2. The van der Waals surface area contributed by atoms with Gasteiger partial charge in [0, 0.05) is 28.5 Å². The zero-order chi connectivity index (χ0) is 14.4. The van der Waals surface area contributed by atoms with Crippen LogP contribution in [0.25, 0.3) is 0 Å². The molecule has 1 heterocycles. The van der Waals surface area contributed by atoms with Crippen molar-refractivity contribution < 1.29 is 4.79 Å². The van der Waals surface area contributed by atoms with Gasteiger partial charge in [-0.05, 0) is 43.7 Å². The molecule has 0 aliphatic rings. The monoisotopic (exact) mass is 288 g/mol. The maximum atomic E-state index is 11.5. The molecule has 0 fully saturated rings. The van der Waals surface area contributed by atoms with E-state index in [0.29, 0.717) is 13.0 Å². The fourth-order valence-electron chi connectivity index (χ4n) is 1.95. The van der Waals surface area contributed by atoms with Gasteiger partial charge in [0.1, 0.15) is 0 Å². The molecule has 0 aliphatic carbocycles. The van der Waals surface area contributed by atoms with Crippen LogP contribution in [0.4, 0.5) is 5.69 Å². The Labute approximate surface area is 124 Å². The molecule has 106 valence electrons. The number of carbonyl (C=O) groups is 1. The molecule has 0 saturated carbocycles. The summed E-state index contributed by atoms with van der Waals surface area (Å²) in [6.45, 7) is 5.56. The molecule has 1 aromatic heterocycles. The first kappa shape index (κ1) is 14.6. The van der Waals surface area contributed by atoms with E-state index in [1.54, 1.807) is 0 Å². The molecule has 0 aliphatic heterocycles. The van der Waals surface area contributed by atoms with Crippen LogP contribution in [-0.2, 0) is 17.8 Å². The van der Waals surface area contributed by atoms with Crippen LogP contribution in [0.5, 0.6) is 0 Å². The van der Waals surface area contributed by atoms with Gasteiger partial charge < -0.3 is 10.6 Å². The van der Waals surface area contributed by atoms with Crippen LogP contribution in [0.1, 0.15) is 22.2 Å². The summed E-state index contributed by atoms with van der Waals surface area (Å²) >= 11 is 1.81. The van der Waals surface area contributed by atoms with Crippen LogP contribution in [0, 0.1) is 6.92 Å². The van der Waals surface area contributed by atoms with Crippen LogP contribution < -0.4 is 10.6 Å². The molecule has 0 atom stereocenters. The maximum absolute atomic E-state index is 11.5. The van der Waals surface area contributed by atoms with E-state index in [-0.39, 0.29) is 5.91 Å². The first-order valence-electron chi connectivity index (χ1n) is 6.82. The Bertz CT molecular complexity index is 560. The predicted octanol–water partition coefficient (Wildman–Crippen LogP) is 3.35. The number of hydrogen-bond acceptors (Lipinski definition) is 3. The number of anilines is 1. The number of thiophene rings is 1. The highest BCUT2D eigenvalue weighted by Crippen LogP contribution is 2.17. The quantitative estimate of drug-likeness (QED) is 0.856. The van der Waals surface area contributed by atoms with Gasteiger partial charge >= 0.3 is 0 Å². The molecule has 0 bridgehead atoms. The number of carbonyl (C=O) groups excluding carboxylic acids is 1. The van der Waals surface area contributed by atoms with E-state index in [4.69, 9.17) is 0 Å². The minimum absolute atomic E-state index is 0.0715. The maximum Gasteiger partial charge on any atom is 0.224 e. The molecule has 0 radical (unpaired) electrons. The number of rotatable bonds is 6. The van der Waals surface area contributed by atoms with Crippen LogP contribution in [0.15, 0.2) is 36.4 Å². The molecular weight excluding hydrogens is 268 g/mol. The lowest BCUT2D eigenvalue weighted by Gasteiger charge is -2.06. The number of benzene rings is 1. The molecule has 20 heavy (non-hydrogen) atoms. The summed E-state index contributed by atoms with van der Waals surface area (Å²) in [4.78, 5) is 14.1. The highest BCUT2D eigenvalue weighted by molar-refractivity contribution is 7.11. The highest BCUT2D eigenvalue weighted by Gasteiger charge is 2.02. The van der Waals surface area contributed by atoms with Crippen molar-refractivity contribution in [2.45, 2.75) is 26.8 Å². The van der Waals surface area contributed by atoms with Gasteiger partial charge in [-0.3, -0.25) is 4.79 Å². The third-order valence-corrected chi connectivity index (χ3v) is 3.96. The van der Waals surface area contributed by atoms with Crippen LogP contribution in [0.2, 0.25) is 0 Å². The van der Waals surface area contributed by atoms with Gasteiger partial charge in [-0.15, -0.1) is 11.3 Å². The van der Waals surface area contributed by atoms with Crippen LogP contribution >= 0.6 is 11.3 Å². The summed E-state index contributed by atoms with van der Waals surface area (Å²) in [6, 6.07) is 12.3. The van der Waals surface area contributed by atoms with Crippen molar-refractivity contribution in [3.05, 3.63) is 51.7 Å². The Morgan fingerprint density at radius 2 is 1.90 bits per heavy atom. The second-order valence-corrected chi connectivity index (χ2v) is 6.07. The molecule has 0 spiro atoms. The van der Waals surface area contributed by atoms with Gasteiger partial charge in [-0.25, -0.2) is 0 Å². The lowest BCUT2D eigenvalue weighted by atomic mass is 10.1. The zero-order valence-electron chi connectivity index (χ0n) is 11.9. The van der Waals surface area contributed by atoms with E-state index in [1.807, 2.05) is 42.5 Å². The average molecular weight is 288 g/mol.